The Balaban J connectivity index is 4.10. The minimum Gasteiger partial charge on any atom is -0.457 e. The topological polar surface area (TPSA) is 91.3 Å². The van der Waals surface area contributed by atoms with Crippen molar-refractivity contribution in [1.82, 2.24) is 0 Å². The monoisotopic (exact) mass is 1010 g/mol. The molecule has 0 heterocycles. The van der Waals surface area contributed by atoms with Gasteiger partial charge in [-0.2, -0.15) is 0 Å². The third-order valence-electron chi connectivity index (χ3n) is 12.4. The Bertz CT molecular complexity index is 1410. The first-order valence-electron chi connectivity index (χ1n) is 29.3. The molecule has 71 heavy (non-hydrogen) atoms. The first-order chi connectivity index (χ1) is 34.6. The van der Waals surface area contributed by atoms with Gasteiger partial charge in [0.2, 0.25) is 0 Å². The van der Waals surface area contributed by atoms with Gasteiger partial charge in [0.1, 0.15) is 19.3 Å². The molecule has 0 bridgehead atoms. The Morgan fingerprint density at radius 2 is 0.817 bits per heavy atom. The summed E-state index contributed by atoms with van der Waals surface area (Å²) in [6.07, 6.45) is 73.6. The second kappa shape index (κ2) is 54.0. The highest BCUT2D eigenvalue weighted by molar-refractivity contribution is 7.47. The number of carbonyl (C=O) groups is 1. The molecule has 412 valence electrons. The maximum atomic E-state index is 12.8. The molecule has 0 rings (SSSR count). The fourth-order valence-corrected chi connectivity index (χ4v) is 8.71. The molecule has 2 unspecified atom stereocenters. The van der Waals surface area contributed by atoms with Gasteiger partial charge in [0.15, 0.2) is 0 Å². The molecule has 0 aromatic heterocycles. The average molecular weight is 1020 g/mol. The van der Waals surface area contributed by atoms with E-state index in [1.807, 2.05) is 21.1 Å². The first-order valence-corrected chi connectivity index (χ1v) is 30.8. The van der Waals surface area contributed by atoms with Gasteiger partial charge in [0, 0.05) is 13.0 Å². The van der Waals surface area contributed by atoms with E-state index < -0.39 is 13.9 Å². The first kappa shape index (κ1) is 68.7. The number of ether oxygens (including phenoxy) is 2. The molecule has 9 heteroatoms. The summed E-state index contributed by atoms with van der Waals surface area (Å²) in [5.74, 6) is -0.318. The van der Waals surface area contributed by atoms with Crippen molar-refractivity contribution in [2.75, 3.05) is 54.1 Å². The van der Waals surface area contributed by atoms with Crippen LogP contribution in [0.2, 0.25) is 0 Å². The standard InChI is InChI=1S/C62H112NO7P/c1-6-8-10-12-14-16-18-20-22-24-26-28-30-32-33-35-37-39-41-43-45-47-49-51-53-55-62(64)70-61(60-69-71(65,66)68-58-56-63(3,4)5)59-67-57-54-52-50-48-46-44-42-40-38-36-34-31-29-27-25-23-21-19-17-15-13-11-9-7-2/h9,11,15,17-18,20-21,23-24,26-27,29,34,36,61H,6-8,10,12-14,16,19,22,25,28,30-33,35,37-60H2,1-5H3/p+1/b11-9-,17-15-,20-18-,23-21-,26-24-,29-27-,36-34-. The van der Waals surface area contributed by atoms with Crippen LogP contribution in [0.25, 0.3) is 0 Å². The molecule has 1 N–H and O–H groups in total. The number of esters is 1. The highest BCUT2D eigenvalue weighted by atomic mass is 31.2. The summed E-state index contributed by atoms with van der Waals surface area (Å²) >= 11 is 0. The number of phosphoric acid groups is 1. The van der Waals surface area contributed by atoms with Crippen molar-refractivity contribution in [3.63, 3.8) is 0 Å². The SMILES string of the molecule is CC/C=C\C/C=C\C/C=C\C/C=C\C/C=C\CCCCCCCCCCOCC(COP(=O)(O)OCC[N+](C)(C)C)OC(=O)CCCCCCCCCCCCCCC/C=C\C/C=C\CCCCCCC. The van der Waals surface area contributed by atoms with Gasteiger partial charge in [-0.15, -0.1) is 0 Å². The summed E-state index contributed by atoms with van der Waals surface area (Å²) < 4.78 is 35.3. The van der Waals surface area contributed by atoms with E-state index in [1.165, 1.54) is 148 Å². The van der Waals surface area contributed by atoms with Crippen LogP contribution >= 0.6 is 7.82 Å². The van der Waals surface area contributed by atoms with Gasteiger partial charge in [0.25, 0.3) is 0 Å². The molecule has 0 fully saturated rings. The van der Waals surface area contributed by atoms with E-state index in [-0.39, 0.29) is 25.8 Å². The fourth-order valence-electron chi connectivity index (χ4n) is 7.96. The van der Waals surface area contributed by atoms with Gasteiger partial charge in [0.05, 0.1) is 34.4 Å². The summed E-state index contributed by atoms with van der Waals surface area (Å²) in [5.41, 5.74) is 0. The number of carbonyl (C=O) groups excluding carboxylic acids is 1. The summed E-state index contributed by atoms with van der Waals surface area (Å²) in [5, 5.41) is 0. The molecule has 0 aliphatic heterocycles. The van der Waals surface area contributed by atoms with Crippen molar-refractivity contribution < 1.29 is 37.3 Å². The van der Waals surface area contributed by atoms with Crippen molar-refractivity contribution in [1.29, 1.82) is 0 Å². The molecule has 2 atom stereocenters. The molecule has 0 saturated carbocycles. The van der Waals surface area contributed by atoms with Crippen molar-refractivity contribution in [2.45, 2.75) is 251 Å². The van der Waals surface area contributed by atoms with Crippen molar-refractivity contribution in [3.05, 3.63) is 85.1 Å². The van der Waals surface area contributed by atoms with Crippen LogP contribution in [0.3, 0.4) is 0 Å². The Morgan fingerprint density at radius 3 is 1.23 bits per heavy atom. The number of hydrogen-bond acceptors (Lipinski definition) is 6. The smallest absolute Gasteiger partial charge is 0.457 e. The van der Waals surface area contributed by atoms with Crippen LogP contribution in [-0.4, -0.2) is 75.6 Å². The van der Waals surface area contributed by atoms with E-state index in [0.29, 0.717) is 24.1 Å². The fraction of sp³-hybridized carbons (Fsp3) is 0.758. The van der Waals surface area contributed by atoms with Gasteiger partial charge in [-0.05, 0) is 89.9 Å². The van der Waals surface area contributed by atoms with E-state index in [1.54, 1.807) is 0 Å². The van der Waals surface area contributed by atoms with Gasteiger partial charge in [-0.25, -0.2) is 4.57 Å². The van der Waals surface area contributed by atoms with E-state index in [9.17, 15) is 14.3 Å². The summed E-state index contributed by atoms with van der Waals surface area (Å²) in [6, 6.07) is 0. The predicted octanol–water partition coefficient (Wildman–Crippen LogP) is 18.7. The van der Waals surface area contributed by atoms with Gasteiger partial charge < -0.3 is 18.9 Å². The lowest BCUT2D eigenvalue weighted by Gasteiger charge is -2.24. The molecule has 0 spiro atoms. The molecular formula is C62H113NO7P+. The number of quaternary nitrogens is 1. The van der Waals surface area contributed by atoms with Crippen LogP contribution in [0.1, 0.15) is 245 Å². The number of allylic oxidation sites excluding steroid dienone is 14. The Morgan fingerprint density at radius 1 is 0.451 bits per heavy atom. The quantitative estimate of drug-likeness (QED) is 0.0213. The number of likely N-dealkylation sites (N-methyl/N-ethyl adjacent to an activating group) is 1. The Labute approximate surface area is 439 Å². The molecule has 0 aromatic rings. The lowest BCUT2D eigenvalue weighted by atomic mass is 10.0. The zero-order chi connectivity index (χ0) is 51.9. The third kappa shape index (κ3) is 58.4. The van der Waals surface area contributed by atoms with Crippen LogP contribution in [0.5, 0.6) is 0 Å². The van der Waals surface area contributed by atoms with E-state index in [0.717, 1.165) is 77.0 Å². The predicted molar refractivity (Wildman–Crippen MR) is 307 cm³/mol. The van der Waals surface area contributed by atoms with Crippen molar-refractivity contribution >= 4 is 13.8 Å². The zero-order valence-corrected chi connectivity index (χ0v) is 47.8. The Hall–Kier alpha value is -2.32. The highest BCUT2D eigenvalue weighted by Gasteiger charge is 2.26. The maximum Gasteiger partial charge on any atom is 0.472 e. The minimum absolute atomic E-state index is 0.0832. The van der Waals surface area contributed by atoms with Crippen LogP contribution in [-0.2, 0) is 27.9 Å². The van der Waals surface area contributed by atoms with E-state index in [2.05, 4.69) is 98.9 Å². The molecule has 0 radical (unpaired) electrons. The number of phosphoric ester groups is 1. The summed E-state index contributed by atoms with van der Waals surface area (Å²) in [6.45, 7) is 5.49. The van der Waals surface area contributed by atoms with Crippen LogP contribution in [0, 0.1) is 0 Å². The molecular weight excluding hydrogens is 902 g/mol. The lowest BCUT2D eigenvalue weighted by Crippen LogP contribution is -2.37. The number of unbranched alkanes of at least 4 members (excludes halogenated alkanes) is 26. The van der Waals surface area contributed by atoms with Crippen LogP contribution in [0.15, 0.2) is 85.1 Å². The van der Waals surface area contributed by atoms with Gasteiger partial charge >= 0.3 is 13.8 Å². The maximum absolute atomic E-state index is 12.8. The average Bonchev–Trinajstić information content (AvgIpc) is 3.33. The highest BCUT2D eigenvalue weighted by Crippen LogP contribution is 2.43. The second-order valence-electron chi connectivity index (χ2n) is 20.6. The molecule has 0 saturated heterocycles. The van der Waals surface area contributed by atoms with E-state index >= 15 is 0 Å². The Kier molecular flexibility index (Phi) is 52.2. The summed E-state index contributed by atoms with van der Waals surface area (Å²) in [4.78, 5) is 23.1. The number of nitrogens with zero attached hydrogens (tertiary/aromatic N) is 1. The molecule has 0 aromatic carbocycles. The van der Waals surface area contributed by atoms with Crippen molar-refractivity contribution in [3.8, 4) is 0 Å². The van der Waals surface area contributed by atoms with E-state index in [4.69, 9.17) is 18.5 Å². The van der Waals surface area contributed by atoms with Crippen LogP contribution < -0.4 is 0 Å². The molecule has 0 aliphatic rings. The molecule has 0 amide bonds. The minimum atomic E-state index is -4.29. The molecule has 8 nitrogen and oxygen atoms in total. The largest absolute Gasteiger partial charge is 0.472 e. The normalized spacial score (nSPS) is 14.1. The van der Waals surface area contributed by atoms with Crippen LogP contribution in [0.4, 0.5) is 0 Å². The number of rotatable bonds is 54. The lowest BCUT2D eigenvalue weighted by molar-refractivity contribution is -0.870. The third-order valence-corrected chi connectivity index (χ3v) is 13.4. The van der Waals surface area contributed by atoms with Gasteiger partial charge in [-0.1, -0.05) is 234 Å². The van der Waals surface area contributed by atoms with Crippen molar-refractivity contribution in [2.24, 2.45) is 0 Å². The number of hydrogen-bond donors (Lipinski definition) is 1. The zero-order valence-electron chi connectivity index (χ0n) is 46.9. The molecule has 0 aliphatic carbocycles. The second-order valence-corrected chi connectivity index (χ2v) is 22.1. The van der Waals surface area contributed by atoms with Gasteiger partial charge in [-0.3, -0.25) is 13.8 Å². The summed E-state index contributed by atoms with van der Waals surface area (Å²) in [7, 11) is 1.66.